The molecule has 2 N–H and O–H groups in total. The van der Waals surface area contributed by atoms with Crippen LogP contribution < -0.4 is 15.4 Å². The highest BCUT2D eigenvalue weighted by Crippen LogP contribution is 2.25. The summed E-state index contributed by atoms with van der Waals surface area (Å²) in [5, 5.41) is 5.99. The van der Waals surface area contributed by atoms with Crippen molar-refractivity contribution in [3.63, 3.8) is 0 Å². The maximum atomic E-state index is 12.1. The molecule has 0 saturated carbocycles. The normalized spacial score (nSPS) is 10.1. The molecule has 7 heteroatoms. The summed E-state index contributed by atoms with van der Waals surface area (Å²) in [6, 6.07) is 5.13. The van der Waals surface area contributed by atoms with Crippen molar-refractivity contribution >= 4 is 39.2 Å². The number of hydrogen-bond acceptors (Lipinski definition) is 4. The number of methoxy groups -OCH3 is 1. The van der Waals surface area contributed by atoms with Crippen LogP contribution in [0.3, 0.4) is 0 Å². The quantitative estimate of drug-likeness (QED) is 0.529. The summed E-state index contributed by atoms with van der Waals surface area (Å²) in [4.78, 5) is 12.1. The molecule has 0 heterocycles. The largest absolute Gasteiger partial charge is 0.490 e. The Hall–Kier alpha value is -1.18. The predicted molar refractivity (Wildman–Crippen MR) is 94.5 cm³/mol. The van der Waals surface area contributed by atoms with Gasteiger partial charge in [-0.05, 0) is 52.8 Å². The molecule has 1 amide bonds. The third-order valence-corrected chi connectivity index (χ3v) is 3.65. The predicted octanol–water partition coefficient (Wildman–Crippen LogP) is 2.88. The second-order valence-corrected chi connectivity index (χ2v) is 5.81. The van der Waals surface area contributed by atoms with E-state index in [1.165, 1.54) is 0 Å². The molecule has 22 heavy (non-hydrogen) atoms. The van der Waals surface area contributed by atoms with Crippen LogP contribution in [0.4, 0.5) is 0 Å². The third-order valence-electron chi connectivity index (χ3n) is 2.78. The standard InChI is InChI=1S/C15H21BrN2O3S/c1-3-4-7-17-15(22)18-14(19)11-5-6-13(12(16)10-11)21-9-8-20-2/h5-6,10H,3-4,7-9H2,1-2H3,(H2,17,18,19,22). The van der Waals surface area contributed by atoms with Gasteiger partial charge in [-0.25, -0.2) is 0 Å². The lowest BCUT2D eigenvalue weighted by atomic mass is 10.2. The summed E-state index contributed by atoms with van der Waals surface area (Å²) in [7, 11) is 1.61. The number of benzene rings is 1. The van der Waals surface area contributed by atoms with Crippen LogP contribution in [0.15, 0.2) is 22.7 Å². The van der Waals surface area contributed by atoms with Crippen molar-refractivity contribution in [2.24, 2.45) is 0 Å². The van der Waals surface area contributed by atoms with Crippen LogP contribution in [0, 0.1) is 0 Å². The summed E-state index contributed by atoms with van der Waals surface area (Å²) in [5.74, 6) is 0.412. The van der Waals surface area contributed by atoms with Gasteiger partial charge in [0.2, 0.25) is 0 Å². The highest BCUT2D eigenvalue weighted by atomic mass is 79.9. The second kappa shape index (κ2) is 10.5. The van der Waals surface area contributed by atoms with Crippen LogP contribution in [0.25, 0.3) is 0 Å². The van der Waals surface area contributed by atoms with Gasteiger partial charge in [0.1, 0.15) is 12.4 Å². The molecule has 0 aliphatic carbocycles. The van der Waals surface area contributed by atoms with Crippen molar-refractivity contribution in [3.8, 4) is 5.75 Å². The Morgan fingerprint density at radius 2 is 2.14 bits per heavy atom. The van der Waals surface area contributed by atoms with E-state index in [0.717, 1.165) is 19.4 Å². The van der Waals surface area contributed by atoms with Crippen molar-refractivity contribution < 1.29 is 14.3 Å². The molecule has 0 unspecified atom stereocenters. The van der Waals surface area contributed by atoms with Crippen molar-refractivity contribution in [1.29, 1.82) is 0 Å². The molecule has 1 rings (SSSR count). The molecule has 0 atom stereocenters. The zero-order chi connectivity index (χ0) is 16.4. The smallest absolute Gasteiger partial charge is 0.257 e. The van der Waals surface area contributed by atoms with Crippen LogP contribution in [0.1, 0.15) is 30.1 Å². The Balaban J connectivity index is 2.55. The van der Waals surface area contributed by atoms with Gasteiger partial charge in [0.15, 0.2) is 5.11 Å². The fourth-order valence-electron chi connectivity index (χ4n) is 1.59. The molecule has 0 spiro atoms. The molecular formula is C15H21BrN2O3S. The molecule has 122 valence electrons. The fraction of sp³-hybridized carbons (Fsp3) is 0.467. The zero-order valence-corrected chi connectivity index (χ0v) is 15.2. The van der Waals surface area contributed by atoms with Crippen molar-refractivity contribution in [2.75, 3.05) is 26.9 Å². The maximum absolute atomic E-state index is 12.1. The number of amides is 1. The first-order valence-electron chi connectivity index (χ1n) is 7.09. The van der Waals surface area contributed by atoms with Gasteiger partial charge in [-0.1, -0.05) is 13.3 Å². The van der Waals surface area contributed by atoms with Crippen LogP contribution in [-0.2, 0) is 4.74 Å². The van der Waals surface area contributed by atoms with Gasteiger partial charge >= 0.3 is 0 Å². The summed E-state index contributed by atoms with van der Waals surface area (Å²) >= 11 is 8.47. The number of ether oxygens (including phenoxy) is 2. The summed E-state index contributed by atoms with van der Waals surface area (Å²) in [6.45, 7) is 3.81. The first kappa shape index (κ1) is 18.9. The Kier molecular flexibility index (Phi) is 9.03. The van der Waals surface area contributed by atoms with Crippen LogP contribution in [-0.4, -0.2) is 37.9 Å². The van der Waals surface area contributed by atoms with E-state index >= 15 is 0 Å². The molecule has 0 fully saturated rings. The van der Waals surface area contributed by atoms with E-state index in [4.69, 9.17) is 21.7 Å². The van der Waals surface area contributed by atoms with E-state index in [2.05, 4.69) is 33.5 Å². The Morgan fingerprint density at radius 1 is 1.36 bits per heavy atom. The topological polar surface area (TPSA) is 59.6 Å². The third kappa shape index (κ3) is 6.72. The number of carbonyl (C=O) groups is 1. The van der Waals surface area contributed by atoms with Crippen molar-refractivity contribution in [3.05, 3.63) is 28.2 Å². The van der Waals surface area contributed by atoms with Gasteiger partial charge < -0.3 is 14.8 Å². The van der Waals surface area contributed by atoms with Gasteiger partial charge in [0.25, 0.3) is 5.91 Å². The van der Waals surface area contributed by atoms with Crippen molar-refractivity contribution in [2.45, 2.75) is 19.8 Å². The number of thiocarbonyl (C=S) groups is 1. The molecule has 0 bridgehead atoms. The fourth-order valence-corrected chi connectivity index (χ4v) is 2.28. The first-order chi connectivity index (χ1) is 10.6. The molecule has 1 aromatic carbocycles. The minimum absolute atomic E-state index is 0.252. The molecule has 5 nitrogen and oxygen atoms in total. The number of halogens is 1. The average molecular weight is 389 g/mol. The van der Waals surface area contributed by atoms with E-state index in [1.807, 2.05) is 0 Å². The Bertz CT molecular complexity index is 512. The van der Waals surface area contributed by atoms with E-state index in [9.17, 15) is 4.79 Å². The van der Waals surface area contributed by atoms with Crippen molar-refractivity contribution in [1.82, 2.24) is 10.6 Å². The van der Waals surface area contributed by atoms with E-state index in [1.54, 1.807) is 25.3 Å². The van der Waals surface area contributed by atoms with Gasteiger partial charge in [-0.15, -0.1) is 0 Å². The lowest BCUT2D eigenvalue weighted by Gasteiger charge is -2.11. The maximum Gasteiger partial charge on any atom is 0.257 e. The SMILES string of the molecule is CCCCNC(=S)NC(=O)c1ccc(OCCOC)c(Br)c1. The number of rotatable bonds is 8. The monoisotopic (exact) mass is 388 g/mol. The van der Waals surface area contributed by atoms with Crippen LogP contribution >= 0.6 is 28.1 Å². The number of hydrogen-bond donors (Lipinski definition) is 2. The highest BCUT2D eigenvalue weighted by Gasteiger charge is 2.10. The molecule has 0 aromatic heterocycles. The highest BCUT2D eigenvalue weighted by molar-refractivity contribution is 9.10. The number of carbonyl (C=O) groups excluding carboxylic acids is 1. The summed E-state index contributed by atoms with van der Waals surface area (Å²) < 4.78 is 11.1. The van der Waals surface area contributed by atoms with E-state index in [-0.39, 0.29) is 5.91 Å². The number of unbranched alkanes of at least 4 members (excludes halogenated alkanes) is 1. The minimum Gasteiger partial charge on any atom is -0.490 e. The van der Waals surface area contributed by atoms with E-state index in [0.29, 0.717) is 34.1 Å². The zero-order valence-electron chi connectivity index (χ0n) is 12.8. The minimum atomic E-state index is -0.252. The first-order valence-corrected chi connectivity index (χ1v) is 8.29. The lowest BCUT2D eigenvalue weighted by molar-refractivity contribution is 0.0976. The average Bonchev–Trinajstić information content (AvgIpc) is 2.49. The lowest BCUT2D eigenvalue weighted by Crippen LogP contribution is -2.39. The molecule has 0 aliphatic heterocycles. The van der Waals surface area contributed by atoms with E-state index < -0.39 is 0 Å². The second-order valence-electron chi connectivity index (χ2n) is 4.55. The van der Waals surface area contributed by atoms with Crippen LogP contribution in [0.5, 0.6) is 5.75 Å². The molecule has 1 aromatic rings. The molecule has 0 aliphatic rings. The van der Waals surface area contributed by atoms with Gasteiger partial charge in [0, 0.05) is 19.2 Å². The molecule has 0 radical (unpaired) electrons. The summed E-state index contributed by atoms with van der Waals surface area (Å²) in [6.07, 6.45) is 2.08. The summed E-state index contributed by atoms with van der Waals surface area (Å²) in [5.41, 5.74) is 0.505. The molecule has 0 saturated heterocycles. The van der Waals surface area contributed by atoms with Gasteiger partial charge in [-0.3, -0.25) is 10.1 Å². The number of nitrogens with one attached hydrogen (secondary N) is 2. The van der Waals surface area contributed by atoms with Gasteiger partial charge in [-0.2, -0.15) is 0 Å². The van der Waals surface area contributed by atoms with Gasteiger partial charge in [0.05, 0.1) is 11.1 Å². The Morgan fingerprint density at radius 3 is 2.77 bits per heavy atom. The van der Waals surface area contributed by atoms with Crippen LogP contribution in [0.2, 0.25) is 0 Å². The Labute approximate surface area is 144 Å². The molecular weight excluding hydrogens is 368 g/mol.